The van der Waals surface area contributed by atoms with Crippen molar-refractivity contribution in [3.05, 3.63) is 21.9 Å². The second-order valence-corrected chi connectivity index (χ2v) is 7.09. The van der Waals surface area contributed by atoms with Crippen LogP contribution in [0.5, 0.6) is 0 Å². The lowest BCUT2D eigenvalue weighted by molar-refractivity contribution is 0.0836. The molecule has 0 saturated carbocycles. The summed E-state index contributed by atoms with van der Waals surface area (Å²) in [6, 6.07) is 4.96. The molecule has 0 aliphatic rings. The van der Waals surface area contributed by atoms with Crippen molar-refractivity contribution in [3.8, 4) is 0 Å². The minimum Gasteiger partial charge on any atom is -0.376 e. The molecule has 0 aliphatic heterocycles. The molecule has 3 heteroatoms. The van der Waals surface area contributed by atoms with E-state index in [4.69, 9.17) is 4.74 Å². The second-order valence-electron chi connectivity index (χ2n) is 5.84. The normalized spacial score (nSPS) is 13.1. The maximum atomic E-state index is 5.90. The average molecular weight is 298 g/mol. The van der Waals surface area contributed by atoms with Gasteiger partial charge in [-0.2, -0.15) is 0 Å². The molecule has 0 aromatic carbocycles. The van der Waals surface area contributed by atoms with Crippen molar-refractivity contribution in [1.29, 1.82) is 0 Å². The van der Waals surface area contributed by atoms with Gasteiger partial charge in [0.1, 0.15) is 0 Å². The lowest BCUT2D eigenvalue weighted by Gasteiger charge is -2.14. The molecular formula is C17H31NOS. The molecule has 0 radical (unpaired) electrons. The summed E-state index contributed by atoms with van der Waals surface area (Å²) in [5.41, 5.74) is 0. The van der Waals surface area contributed by atoms with Gasteiger partial charge >= 0.3 is 0 Å². The van der Waals surface area contributed by atoms with Crippen molar-refractivity contribution < 1.29 is 4.74 Å². The Kier molecular flexibility index (Phi) is 9.16. The van der Waals surface area contributed by atoms with Gasteiger partial charge in [-0.3, -0.25) is 0 Å². The Labute approximate surface area is 128 Å². The Morgan fingerprint density at radius 2 is 1.95 bits per heavy atom. The molecule has 1 aromatic rings. The van der Waals surface area contributed by atoms with Crippen LogP contribution in [0.25, 0.3) is 0 Å². The average Bonchev–Trinajstić information content (AvgIpc) is 2.88. The molecule has 1 aromatic heterocycles. The van der Waals surface area contributed by atoms with Crippen LogP contribution in [-0.4, -0.2) is 12.6 Å². The zero-order chi connectivity index (χ0) is 14.8. The van der Waals surface area contributed by atoms with E-state index in [-0.39, 0.29) is 0 Å². The fraction of sp³-hybridized carbons (Fsp3) is 0.765. The van der Waals surface area contributed by atoms with Gasteiger partial charge in [0.25, 0.3) is 0 Å². The molecule has 0 amide bonds. The summed E-state index contributed by atoms with van der Waals surface area (Å²) in [5, 5.41) is 3.45. The summed E-state index contributed by atoms with van der Waals surface area (Å²) in [6.07, 6.45) is 5.15. The quantitative estimate of drug-likeness (QED) is 0.622. The fourth-order valence-corrected chi connectivity index (χ4v) is 3.03. The van der Waals surface area contributed by atoms with E-state index in [1.807, 2.05) is 11.3 Å². The molecule has 116 valence electrons. The molecule has 2 nitrogen and oxygen atoms in total. The predicted octanol–water partition coefficient (Wildman–Crippen LogP) is 4.98. The van der Waals surface area contributed by atoms with E-state index in [9.17, 15) is 0 Å². The van der Waals surface area contributed by atoms with Crippen LogP contribution in [0.1, 0.15) is 63.1 Å². The van der Waals surface area contributed by atoms with Crippen molar-refractivity contribution in [3.63, 3.8) is 0 Å². The first-order valence-electron chi connectivity index (χ1n) is 8.04. The lowest BCUT2D eigenvalue weighted by atomic mass is 10.0. The number of nitrogens with one attached hydrogen (secondary N) is 1. The van der Waals surface area contributed by atoms with Crippen LogP contribution in [0.4, 0.5) is 0 Å². The third-order valence-corrected chi connectivity index (χ3v) is 4.60. The largest absolute Gasteiger partial charge is 0.376 e. The molecule has 1 rings (SSSR count). The van der Waals surface area contributed by atoms with E-state index >= 15 is 0 Å². The van der Waals surface area contributed by atoms with Crippen LogP contribution >= 0.6 is 11.3 Å². The van der Waals surface area contributed by atoms with Crippen LogP contribution in [-0.2, 0) is 17.9 Å². The highest BCUT2D eigenvalue weighted by Crippen LogP contribution is 2.19. The van der Waals surface area contributed by atoms with Gasteiger partial charge in [-0.1, -0.05) is 47.0 Å². The summed E-state index contributed by atoms with van der Waals surface area (Å²) < 4.78 is 5.90. The Bertz CT molecular complexity index is 349. The maximum Gasteiger partial charge on any atom is 0.0809 e. The highest BCUT2D eigenvalue weighted by atomic mass is 32.1. The Morgan fingerprint density at radius 1 is 1.20 bits per heavy atom. The van der Waals surface area contributed by atoms with Gasteiger partial charge in [0.15, 0.2) is 0 Å². The van der Waals surface area contributed by atoms with Gasteiger partial charge in [-0.15, -0.1) is 11.3 Å². The van der Waals surface area contributed by atoms with Crippen molar-refractivity contribution >= 4 is 11.3 Å². The number of thiophene rings is 1. The van der Waals surface area contributed by atoms with Gasteiger partial charge in [0, 0.05) is 28.9 Å². The smallest absolute Gasteiger partial charge is 0.0809 e. The number of rotatable bonds is 11. The van der Waals surface area contributed by atoms with Gasteiger partial charge in [-0.25, -0.2) is 0 Å². The topological polar surface area (TPSA) is 21.3 Å². The summed E-state index contributed by atoms with van der Waals surface area (Å²) in [6.45, 7) is 11.5. The van der Waals surface area contributed by atoms with Crippen molar-refractivity contribution in [2.24, 2.45) is 5.92 Å². The van der Waals surface area contributed by atoms with Gasteiger partial charge in [0.05, 0.1) is 6.61 Å². The molecule has 0 bridgehead atoms. The minimum atomic E-state index is 0.542. The number of ether oxygens (including phenoxy) is 1. The van der Waals surface area contributed by atoms with E-state index < -0.39 is 0 Å². The third kappa shape index (κ3) is 7.41. The Hall–Kier alpha value is -0.380. The van der Waals surface area contributed by atoms with E-state index in [0.717, 1.165) is 25.7 Å². The van der Waals surface area contributed by atoms with E-state index in [2.05, 4.69) is 45.1 Å². The SMILES string of the molecule is CCCCC(CC)COCc1ccc(CNC(C)C)s1. The van der Waals surface area contributed by atoms with Gasteiger partial charge in [0.2, 0.25) is 0 Å². The molecule has 1 N–H and O–H groups in total. The van der Waals surface area contributed by atoms with Crippen LogP contribution < -0.4 is 5.32 Å². The summed E-state index contributed by atoms with van der Waals surface area (Å²) in [4.78, 5) is 2.74. The summed E-state index contributed by atoms with van der Waals surface area (Å²) in [7, 11) is 0. The molecule has 1 atom stereocenters. The van der Waals surface area contributed by atoms with E-state index in [0.29, 0.717) is 6.04 Å². The molecular weight excluding hydrogens is 266 g/mol. The minimum absolute atomic E-state index is 0.542. The Morgan fingerprint density at radius 3 is 2.60 bits per heavy atom. The first-order valence-corrected chi connectivity index (χ1v) is 8.86. The predicted molar refractivity (Wildman–Crippen MR) is 89.3 cm³/mol. The van der Waals surface area contributed by atoms with Crippen LogP contribution in [0, 0.1) is 5.92 Å². The fourth-order valence-electron chi connectivity index (χ4n) is 2.12. The molecule has 0 fully saturated rings. The molecule has 1 unspecified atom stereocenters. The van der Waals surface area contributed by atoms with Crippen molar-refractivity contribution in [2.45, 2.75) is 72.6 Å². The zero-order valence-corrected chi connectivity index (χ0v) is 14.4. The van der Waals surface area contributed by atoms with Crippen LogP contribution in [0.2, 0.25) is 0 Å². The van der Waals surface area contributed by atoms with E-state index in [1.54, 1.807) is 0 Å². The van der Waals surface area contributed by atoms with Crippen LogP contribution in [0.3, 0.4) is 0 Å². The van der Waals surface area contributed by atoms with Crippen molar-refractivity contribution in [1.82, 2.24) is 5.32 Å². The number of hydrogen-bond donors (Lipinski definition) is 1. The maximum absolute atomic E-state index is 5.90. The molecule has 1 heterocycles. The van der Waals surface area contributed by atoms with Crippen LogP contribution in [0.15, 0.2) is 12.1 Å². The van der Waals surface area contributed by atoms with Gasteiger partial charge in [-0.05, 0) is 24.5 Å². The summed E-state index contributed by atoms with van der Waals surface area (Å²) >= 11 is 1.86. The highest BCUT2D eigenvalue weighted by Gasteiger charge is 2.07. The van der Waals surface area contributed by atoms with Gasteiger partial charge < -0.3 is 10.1 Å². The number of unbranched alkanes of at least 4 members (excludes halogenated alkanes) is 1. The second kappa shape index (κ2) is 10.4. The molecule has 0 saturated heterocycles. The third-order valence-electron chi connectivity index (χ3n) is 3.54. The first-order chi connectivity index (χ1) is 9.65. The molecule has 0 aliphatic carbocycles. The zero-order valence-electron chi connectivity index (χ0n) is 13.6. The number of hydrogen-bond acceptors (Lipinski definition) is 3. The van der Waals surface area contributed by atoms with Crippen molar-refractivity contribution in [2.75, 3.05) is 6.61 Å². The first kappa shape index (κ1) is 17.7. The monoisotopic (exact) mass is 297 g/mol. The standard InChI is InChI=1S/C17H31NOS/c1-5-7-8-15(6-2)12-19-13-17-10-9-16(20-17)11-18-14(3)4/h9-10,14-15,18H,5-8,11-13H2,1-4H3. The highest BCUT2D eigenvalue weighted by molar-refractivity contribution is 7.11. The van der Waals surface area contributed by atoms with E-state index in [1.165, 1.54) is 35.4 Å². The Balaban J connectivity index is 2.24. The molecule has 20 heavy (non-hydrogen) atoms. The summed E-state index contributed by atoms with van der Waals surface area (Å²) in [5.74, 6) is 0.733. The molecule has 0 spiro atoms. The lowest BCUT2D eigenvalue weighted by Crippen LogP contribution is -2.21.